The number of nitro groups is 1. The lowest BCUT2D eigenvalue weighted by atomic mass is 9.76. The van der Waals surface area contributed by atoms with Crippen molar-refractivity contribution in [2.24, 2.45) is 11.8 Å². The van der Waals surface area contributed by atoms with Gasteiger partial charge < -0.3 is 9.47 Å². The molecule has 1 saturated carbocycles. The monoisotopic (exact) mass is 277 g/mol. The summed E-state index contributed by atoms with van der Waals surface area (Å²) in [6.45, 7) is 0.780. The Morgan fingerprint density at radius 1 is 1.15 bits per heavy atom. The van der Waals surface area contributed by atoms with Crippen LogP contribution >= 0.6 is 0 Å². The Balaban J connectivity index is 1.59. The number of nitrogens with zero attached hydrogens (tertiary/aromatic N) is 1. The van der Waals surface area contributed by atoms with E-state index in [4.69, 9.17) is 9.47 Å². The van der Waals surface area contributed by atoms with Gasteiger partial charge in [-0.25, -0.2) is 0 Å². The molecule has 1 aromatic carbocycles. The first kappa shape index (κ1) is 13.4. The summed E-state index contributed by atoms with van der Waals surface area (Å²) in [5.41, 5.74) is 0.0780. The Hall–Kier alpha value is -1.62. The van der Waals surface area contributed by atoms with Crippen LogP contribution < -0.4 is 4.74 Å². The maximum atomic E-state index is 10.6. The molecule has 0 N–H and O–H groups in total. The topological polar surface area (TPSA) is 61.6 Å². The molecule has 3 atom stereocenters. The van der Waals surface area contributed by atoms with E-state index in [9.17, 15) is 10.1 Å². The Morgan fingerprint density at radius 2 is 1.85 bits per heavy atom. The number of hydrogen-bond acceptors (Lipinski definition) is 4. The average molecular weight is 277 g/mol. The van der Waals surface area contributed by atoms with Gasteiger partial charge in [0.05, 0.1) is 11.5 Å². The second-order valence-corrected chi connectivity index (χ2v) is 5.67. The third-order valence-corrected chi connectivity index (χ3v) is 4.37. The number of hydrogen-bond donors (Lipinski definition) is 0. The van der Waals surface area contributed by atoms with Gasteiger partial charge in [0.25, 0.3) is 5.69 Å². The molecule has 0 amide bonds. The minimum atomic E-state index is -0.409. The van der Waals surface area contributed by atoms with E-state index in [0.717, 1.165) is 13.0 Å². The number of nitro benzene ring substituents is 1. The molecule has 2 aliphatic rings. The van der Waals surface area contributed by atoms with Crippen LogP contribution in [0.3, 0.4) is 0 Å². The van der Waals surface area contributed by atoms with Gasteiger partial charge in [-0.05, 0) is 36.8 Å². The molecule has 2 fully saturated rings. The first-order chi connectivity index (χ1) is 9.72. The minimum Gasteiger partial charge on any atom is -0.465 e. The van der Waals surface area contributed by atoms with E-state index in [2.05, 4.69) is 0 Å². The Bertz CT molecular complexity index is 473. The van der Waals surface area contributed by atoms with Crippen molar-refractivity contribution in [3.05, 3.63) is 34.4 Å². The first-order valence-corrected chi connectivity index (χ1v) is 7.25. The van der Waals surface area contributed by atoms with Gasteiger partial charge in [-0.15, -0.1) is 0 Å². The van der Waals surface area contributed by atoms with Gasteiger partial charge in [-0.1, -0.05) is 12.8 Å². The second kappa shape index (κ2) is 5.79. The smallest absolute Gasteiger partial charge is 0.269 e. The summed E-state index contributed by atoms with van der Waals surface area (Å²) in [4.78, 5) is 10.2. The van der Waals surface area contributed by atoms with Gasteiger partial charge in [0.15, 0.2) is 6.29 Å². The van der Waals surface area contributed by atoms with E-state index in [0.29, 0.717) is 17.6 Å². The molecule has 3 rings (SSSR count). The molecule has 1 aromatic rings. The lowest BCUT2D eigenvalue weighted by molar-refractivity contribution is -0.384. The third kappa shape index (κ3) is 2.93. The summed E-state index contributed by atoms with van der Waals surface area (Å²) in [6, 6.07) is 6.19. The fraction of sp³-hybridized carbons (Fsp3) is 0.600. The van der Waals surface area contributed by atoms with Crippen LogP contribution in [0.5, 0.6) is 5.75 Å². The van der Waals surface area contributed by atoms with E-state index in [1.54, 1.807) is 12.1 Å². The van der Waals surface area contributed by atoms with Crippen LogP contribution in [0.15, 0.2) is 24.3 Å². The molecule has 0 bridgehead atoms. The van der Waals surface area contributed by atoms with Crippen molar-refractivity contribution in [2.75, 3.05) is 6.61 Å². The van der Waals surface area contributed by atoms with Crippen molar-refractivity contribution in [3.8, 4) is 5.75 Å². The SMILES string of the molecule is O=[N+]([O-])c1ccc(OC2CC3CCCCC3CO2)cc1. The molecule has 108 valence electrons. The van der Waals surface area contributed by atoms with Crippen LogP contribution in [0, 0.1) is 22.0 Å². The predicted molar refractivity (Wildman–Crippen MR) is 73.5 cm³/mol. The molecule has 1 aliphatic carbocycles. The van der Waals surface area contributed by atoms with Gasteiger partial charge in [0.1, 0.15) is 5.75 Å². The lowest BCUT2D eigenvalue weighted by Crippen LogP contribution is -2.38. The molecule has 0 aromatic heterocycles. The molecule has 1 aliphatic heterocycles. The number of rotatable bonds is 3. The molecule has 20 heavy (non-hydrogen) atoms. The zero-order valence-corrected chi connectivity index (χ0v) is 11.4. The summed E-state index contributed by atoms with van der Waals surface area (Å²) in [7, 11) is 0. The Labute approximate surface area is 118 Å². The standard InChI is InChI=1S/C15H19NO4/c17-16(18)13-5-7-14(8-6-13)20-15-9-11-3-1-2-4-12(11)10-19-15/h5-8,11-12,15H,1-4,9-10H2. The summed E-state index contributed by atoms with van der Waals surface area (Å²) < 4.78 is 11.6. The van der Waals surface area contributed by atoms with E-state index in [1.807, 2.05) is 0 Å². The number of ether oxygens (including phenoxy) is 2. The maximum Gasteiger partial charge on any atom is 0.269 e. The maximum absolute atomic E-state index is 10.6. The molecular formula is C15H19NO4. The van der Waals surface area contributed by atoms with Crippen LogP contribution in [0.1, 0.15) is 32.1 Å². The van der Waals surface area contributed by atoms with Crippen LogP contribution in [-0.2, 0) is 4.74 Å². The molecule has 5 nitrogen and oxygen atoms in total. The van der Waals surface area contributed by atoms with Gasteiger partial charge in [0.2, 0.25) is 0 Å². The Morgan fingerprint density at radius 3 is 2.55 bits per heavy atom. The highest BCUT2D eigenvalue weighted by Gasteiger charge is 2.33. The number of non-ortho nitro benzene ring substituents is 1. The van der Waals surface area contributed by atoms with E-state index in [1.165, 1.54) is 37.8 Å². The highest BCUT2D eigenvalue weighted by molar-refractivity contribution is 5.36. The highest BCUT2D eigenvalue weighted by Crippen LogP contribution is 2.37. The van der Waals surface area contributed by atoms with Crippen LogP contribution in [0.25, 0.3) is 0 Å². The molecular weight excluding hydrogens is 258 g/mol. The third-order valence-electron chi connectivity index (χ3n) is 4.37. The van der Waals surface area contributed by atoms with Gasteiger partial charge >= 0.3 is 0 Å². The lowest BCUT2D eigenvalue weighted by Gasteiger charge is -2.38. The molecule has 3 unspecified atom stereocenters. The average Bonchev–Trinajstić information content (AvgIpc) is 2.48. The molecule has 1 saturated heterocycles. The molecule has 0 radical (unpaired) electrons. The molecule has 1 heterocycles. The van der Waals surface area contributed by atoms with Gasteiger partial charge in [-0.3, -0.25) is 10.1 Å². The summed E-state index contributed by atoms with van der Waals surface area (Å²) in [6.07, 6.45) is 5.89. The van der Waals surface area contributed by atoms with Crippen molar-refractivity contribution in [1.29, 1.82) is 0 Å². The zero-order valence-electron chi connectivity index (χ0n) is 11.4. The first-order valence-electron chi connectivity index (χ1n) is 7.25. The summed E-state index contributed by atoms with van der Waals surface area (Å²) >= 11 is 0. The highest BCUT2D eigenvalue weighted by atomic mass is 16.7. The number of fused-ring (bicyclic) bond motifs is 1. The van der Waals surface area contributed by atoms with Crippen LogP contribution in [-0.4, -0.2) is 17.8 Å². The molecule has 0 spiro atoms. The predicted octanol–water partition coefficient (Wildman–Crippen LogP) is 3.53. The van der Waals surface area contributed by atoms with Crippen LogP contribution in [0.2, 0.25) is 0 Å². The number of benzene rings is 1. The molecule has 5 heteroatoms. The van der Waals surface area contributed by atoms with Crippen molar-refractivity contribution in [2.45, 2.75) is 38.4 Å². The zero-order chi connectivity index (χ0) is 13.9. The van der Waals surface area contributed by atoms with E-state index < -0.39 is 4.92 Å². The van der Waals surface area contributed by atoms with Crippen molar-refractivity contribution in [3.63, 3.8) is 0 Å². The quantitative estimate of drug-likeness (QED) is 0.626. The summed E-state index contributed by atoms with van der Waals surface area (Å²) in [5.74, 6) is 2.04. The van der Waals surface area contributed by atoms with E-state index >= 15 is 0 Å². The van der Waals surface area contributed by atoms with Crippen LogP contribution in [0.4, 0.5) is 5.69 Å². The van der Waals surface area contributed by atoms with Crippen molar-refractivity contribution in [1.82, 2.24) is 0 Å². The Kier molecular flexibility index (Phi) is 3.87. The second-order valence-electron chi connectivity index (χ2n) is 5.67. The normalized spacial score (nSPS) is 29.5. The largest absolute Gasteiger partial charge is 0.465 e. The van der Waals surface area contributed by atoms with E-state index in [-0.39, 0.29) is 12.0 Å². The van der Waals surface area contributed by atoms with Crippen molar-refractivity contribution >= 4 is 5.69 Å². The van der Waals surface area contributed by atoms with Gasteiger partial charge in [-0.2, -0.15) is 0 Å². The minimum absolute atomic E-state index is 0.0780. The fourth-order valence-corrected chi connectivity index (χ4v) is 3.24. The summed E-state index contributed by atoms with van der Waals surface area (Å²) in [5, 5.41) is 10.6. The van der Waals surface area contributed by atoms with Gasteiger partial charge in [0, 0.05) is 18.6 Å². The van der Waals surface area contributed by atoms with Crippen molar-refractivity contribution < 1.29 is 14.4 Å². The fourth-order valence-electron chi connectivity index (χ4n) is 3.24.